The minimum atomic E-state index is -0.531. The van der Waals surface area contributed by atoms with Crippen molar-refractivity contribution < 1.29 is 14.3 Å². The summed E-state index contributed by atoms with van der Waals surface area (Å²) in [5.41, 5.74) is 6.14. The molecular formula is C14H20N2O3. The minimum Gasteiger partial charge on any atom is -0.372 e. The number of benzene rings is 1. The summed E-state index contributed by atoms with van der Waals surface area (Å²) in [6.07, 6.45) is -0.383. The van der Waals surface area contributed by atoms with E-state index in [1.165, 1.54) is 7.11 Å². The lowest BCUT2D eigenvalue weighted by molar-refractivity contribution is -0.141. The monoisotopic (exact) mass is 264 g/mol. The lowest BCUT2D eigenvalue weighted by Gasteiger charge is -2.25. The Balaban J connectivity index is 2.74. The van der Waals surface area contributed by atoms with Crippen LogP contribution in [0.15, 0.2) is 30.3 Å². The molecule has 5 heteroatoms. The fraction of sp³-hybridized carbons (Fsp3) is 0.429. The molecule has 2 amide bonds. The third-order valence-electron chi connectivity index (χ3n) is 2.86. The first-order chi connectivity index (χ1) is 9.04. The molecule has 0 spiro atoms. The number of ether oxygens (including phenoxy) is 1. The molecule has 1 aromatic rings. The smallest absolute Gasteiger partial charge is 0.251 e. The Labute approximate surface area is 113 Å². The Bertz CT molecular complexity index is 420. The predicted molar refractivity (Wildman–Crippen MR) is 72.1 cm³/mol. The van der Waals surface area contributed by atoms with Crippen LogP contribution in [0.3, 0.4) is 0 Å². The molecule has 5 nitrogen and oxygen atoms in total. The van der Waals surface area contributed by atoms with Gasteiger partial charge in [-0.2, -0.15) is 0 Å². The number of carbonyl (C=O) groups is 2. The second-order valence-electron chi connectivity index (χ2n) is 4.34. The van der Waals surface area contributed by atoms with Crippen molar-refractivity contribution in [2.75, 3.05) is 13.7 Å². The molecule has 0 saturated heterocycles. The average molecular weight is 264 g/mol. The number of hydrogen-bond acceptors (Lipinski definition) is 3. The van der Waals surface area contributed by atoms with Gasteiger partial charge in [-0.25, -0.2) is 0 Å². The third-order valence-corrected chi connectivity index (χ3v) is 2.86. The van der Waals surface area contributed by atoms with Gasteiger partial charge in [0.1, 0.15) is 6.10 Å². The Morgan fingerprint density at radius 3 is 2.47 bits per heavy atom. The molecule has 0 radical (unpaired) electrons. The Hall–Kier alpha value is -1.88. The van der Waals surface area contributed by atoms with Crippen LogP contribution in [-0.4, -0.2) is 36.5 Å². The largest absolute Gasteiger partial charge is 0.372 e. The van der Waals surface area contributed by atoms with Gasteiger partial charge in [-0.05, 0) is 12.5 Å². The molecule has 0 saturated carbocycles. The highest BCUT2D eigenvalue weighted by atomic mass is 16.5. The van der Waals surface area contributed by atoms with Crippen LogP contribution in [0.4, 0.5) is 0 Å². The Morgan fingerprint density at radius 2 is 1.95 bits per heavy atom. The summed E-state index contributed by atoms with van der Waals surface area (Å²) in [6.45, 7) is 2.43. The van der Waals surface area contributed by atoms with Crippen LogP contribution in [-0.2, 0) is 20.9 Å². The van der Waals surface area contributed by atoms with Gasteiger partial charge in [0, 0.05) is 26.6 Å². The molecule has 0 aliphatic carbocycles. The standard InChI is InChI=1S/C14H20N2O3/c1-11(19-2)14(18)16(9-8-13(15)17)10-12-6-4-3-5-7-12/h3-7,11H,8-10H2,1-2H3,(H2,15,17). The van der Waals surface area contributed by atoms with Crippen LogP contribution in [0.2, 0.25) is 0 Å². The molecule has 2 N–H and O–H groups in total. The SMILES string of the molecule is COC(C)C(=O)N(CCC(N)=O)Cc1ccccc1. The van der Waals surface area contributed by atoms with Crippen LogP contribution in [0, 0.1) is 0 Å². The zero-order valence-corrected chi connectivity index (χ0v) is 11.3. The molecule has 1 rings (SSSR count). The van der Waals surface area contributed by atoms with E-state index in [0.29, 0.717) is 13.1 Å². The lowest BCUT2D eigenvalue weighted by atomic mass is 10.2. The summed E-state index contributed by atoms with van der Waals surface area (Å²) < 4.78 is 5.03. The Morgan fingerprint density at radius 1 is 1.32 bits per heavy atom. The number of rotatable bonds is 7. The van der Waals surface area contributed by atoms with Gasteiger partial charge in [0.05, 0.1) is 0 Å². The van der Waals surface area contributed by atoms with Crippen LogP contribution >= 0.6 is 0 Å². The predicted octanol–water partition coefficient (Wildman–Crippen LogP) is 0.926. The van der Waals surface area contributed by atoms with Crippen LogP contribution in [0.1, 0.15) is 18.9 Å². The number of methoxy groups -OCH3 is 1. The first kappa shape index (κ1) is 15.2. The van der Waals surface area contributed by atoms with Crippen molar-refractivity contribution in [1.82, 2.24) is 4.90 Å². The average Bonchev–Trinajstić information content (AvgIpc) is 2.42. The van der Waals surface area contributed by atoms with Crippen molar-refractivity contribution in [3.8, 4) is 0 Å². The van der Waals surface area contributed by atoms with E-state index >= 15 is 0 Å². The summed E-state index contributed by atoms with van der Waals surface area (Å²) in [5.74, 6) is -0.566. The van der Waals surface area contributed by atoms with Crippen molar-refractivity contribution in [2.24, 2.45) is 5.73 Å². The number of nitrogens with zero attached hydrogens (tertiary/aromatic N) is 1. The quantitative estimate of drug-likeness (QED) is 0.796. The highest BCUT2D eigenvalue weighted by Gasteiger charge is 2.20. The van der Waals surface area contributed by atoms with E-state index in [9.17, 15) is 9.59 Å². The lowest BCUT2D eigenvalue weighted by Crippen LogP contribution is -2.40. The fourth-order valence-corrected chi connectivity index (χ4v) is 1.67. The van der Waals surface area contributed by atoms with Crippen LogP contribution < -0.4 is 5.73 Å². The van der Waals surface area contributed by atoms with Gasteiger partial charge in [-0.15, -0.1) is 0 Å². The first-order valence-electron chi connectivity index (χ1n) is 6.18. The van der Waals surface area contributed by atoms with Crippen LogP contribution in [0.5, 0.6) is 0 Å². The minimum absolute atomic E-state index is 0.146. The summed E-state index contributed by atoms with van der Waals surface area (Å²) in [7, 11) is 1.48. The van der Waals surface area contributed by atoms with E-state index in [0.717, 1.165) is 5.56 Å². The van der Waals surface area contributed by atoms with E-state index in [2.05, 4.69) is 0 Å². The first-order valence-corrected chi connectivity index (χ1v) is 6.18. The van der Waals surface area contributed by atoms with Crippen molar-refractivity contribution in [2.45, 2.75) is 26.0 Å². The molecular weight excluding hydrogens is 244 g/mol. The second kappa shape index (κ2) is 7.53. The highest BCUT2D eigenvalue weighted by Crippen LogP contribution is 2.08. The zero-order chi connectivity index (χ0) is 14.3. The molecule has 19 heavy (non-hydrogen) atoms. The van der Waals surface area contributed by atoms with E-state index in [1.54, 1.807) is 11.8 Å². The topological polar surface area (TPSA) is 72.6 Å². The maximum atomic E-state index is 12.1. The number of amides is 2. The molecule has 0 aliphatic heterocycles. The number of hydrogen-bond donors (Lipinski definition) is 1. The molecule has 0 aliphatic rings. The molecule has 1 atom stereocenters. The summed E-state index contributed by atoms with van der Waals surface area (Å²) >= 11 is 0. The molecule has 1 unspecified atom stereocenters. The van der Waals surface area contributed by atoms with E-state index in [4.69, 9.17) is 10.5 Å². The molecule has 1 aromatic carbocycles. The normalized spacial score (nSPS) is 11.9. The van der Waals surface area contributed by atoms with Crippen molar-refractivity contribution >= 4 is 11.8 Å². The number of primary amides is 1. The maximum absolute atomic E-state index is 12.1. The van der Waals surface area contributed by atoms with Gasteiger partial charge in [0.15, 0.2) is 0 Å². The van der Waals surface area contributed by atoms with E-state index in [1.807, 2.05) is 30.3 Å². The Kier molecular flexibility index (Phi) is 6.02. The van der Waals surface area contributed by atoms with Gasteiger partial charge in [-0.3, -0.25) is 9.59 Å². The maximum Gasteiger partial charge on any atom is 0.251 e. The summed E-state index contributed by atoms with van der Waals surface area (Å²) in [6, 6.07) is 9.60. The summed E-state index contributed by atoms with van der Waals surface area (Å²) in [4.78, 5) is 24.6. The van der Waals surface area contributed by atoms with E-state index in [-0.39, 0.29) is 12.3 Å². The number of nitrogens with two attached hydrogens (primary N) is 1. The van der Waals surface area contributed by atoms with Gasteiger partial charge < -0.3 is 15.4 Å². The molecule has 0 fully saturated rings. The molecule has 0 aromatic heterocycles. The van der Waals surface area contributed by atoms with Gasteiger partial charge in [0.25, 0.3) is 5.91 Å². The van der Waals surface area contributed by atoms with Crippen LogP contribution in [0.25, 0.3) is 0 Å². The molecule has 104 valence electrons. The third kappa shape index (κ3) is 5.09. The van der Waals surface area contributed by atoms with Gasteiger partial charge in [0.2, 0.25) is 5.91 Å². The van der Waals surface area contributed by atoms with Crippen molar-refractivity contribution in [3.05, 3.63) is 35.9 Å². The molecule has 0 bridgehead atoms. The summed E-state index contributed by atoms with van der Waals surface area (Å²) in [5, 5.41) is 0. The second-order valence-corrected chi connectivity index (χ2v) is 4.34. The number of carbonyl (C=O) groups excluding carboxylic acids is 2. The van der Waals surface area contributed by atoms with Gasteiger partial charge >= 0.3 is 0 Å². The van der Waals surface area contributed by atoms with E-state index < -0.39 is 12.0 Å². The zero-order valence-electron chi connectivity index (χ0n) is 11.3. The molecule has 0 heterocycles. The fourth-order valence-electron chi connectivity index (χ4n) is 1.67. The van der Waals surface area contributed by atoms with Crippen molar-refractivity contribution in [3.63, 3.8) is 0 Å². The van der Waals surface area contributed by atoms with Crippen molar-refractivity contribution in [1.29, 1.82) is 0 Å². The van der Waals surface area contributed by atoms with Gasteiger partial charge in [-0.1, -0.05) is 30.3 Å². The highest BCUT2D eigenvalue weighted by molar-refractivity contribution is 5.81.